The molecule has 2 fully saturated rings. The minimum Gasteiger partial charge on any atom is -0.298 e. The van der Waals surface area contributed by atoms with Gasteiger partial charge in [-0.15, -0.1) is 0 Å². The summed E-state index contributed by atoms with van der Waals surface area (Å²) < 4.78 is 15.3. The zero-order chi connectivity index (χ0) is 12.2. The lowest BCUT2D eigenvalue weighted by Crippen LogP contribution is -2.39. The third-order valence-corrected chi connectivity index (χ3v) is 4.41. The summed E-state index contributed by atoms with van der Waals surface area (Å²) in [5.41, 5.74) is 0.698. The number of hydrogen-bond acceptors (Lipinski definition) is 2. The smallest absolute Gasteiger partial charge is 0.164 e. The maximum atomic E-state index is 13.7. The highest BCUT2D eigenvalue weighted by Crippen LogP contribution is 2.48. The molecule has 0 radical (unpaired) electrons. The van der Waals surface area contributed by atoms with Gasteiger partial charge in [0.05, 0.1) is 6.20 Å². The molecule has 4 heteroatoms. The van der Waals surface area contributed by atoms with Gasteiger partial charge in [-0.05, 0) is 32.6 Å². The average Bonchev–Trinajstić information content (AvgIpc) is 2.90. The summed E-state index contributed by atoms with van der Waals surface area (Å²) in [6, 6.07) is 1.26. The van der Waals surface area contributed by atoms with Gasteiger partial charge in [-0.2, -0.15) is 5.10 Å². The van der Waals surface area contributed by atoms with Crippen LogP contribution in [-0.2, 0) is 7.05 Å². The number of piperidine rings is 1. The molecule has 0 aromatic carbocycles. The third kappa shape index (κ3) is 1.69. The summed E-state index contributed by atoms with van der Waals surface area (Å²) in [6.07, 6.45) is 3.79. The first-order chi connectivity index (χ1) is 8.06. The van der Waals surface area contributed by atoms with Crippen LogP contribution in [0.25, 0.3) is 0 Å². The number of hydrogen-bond donors (Lipinski definition) is 0. The Hall–Kier alpha value is -0.900. The van der Waals surface area contributed by atoms with E-state index >= 15 is 0 Å². The molecule has 2 bridgehead atoms. The molecule has 1 saturated heterocycles. The predicted molar refractivity (Wildman–Crippen MR) is 64.3 cm³/mol. The van der Waals surface area contributed by atoms with Gasteiger partial charge in [0, 0.05) is 31.6 Å². The van der Waals surface area contributed by atoms with Crippen LogP contribution in [0, 0.1) is 11.7 Å². The van der Waals surface area contributed by atoms with E-state index in [4.69, 9.17) is 0 Å². The van der Waals surface area contributed by atoms with Crippen LogP contribution < -0.4 is 0 Å². The van der Waals surface area contributed by atoms with Crippen LogP contribution in [0.1, 0.15) is 38.3 Å². The number of fused-ring (bicyclic) bond motifs is 2. The first-order valence-electron chi connectivity index (χ1n) is 6.51. The Kier molecular flexibility index (Phi) is 2.51. The third-order valence-electron chi connectivity index (χ3n) is 4.41. The van der Waals surface area contributed by atoms with Crippen molar-refractivity contribution in [2.45, 2.75) is 44.7 Å². The van der Waals surface area contributed by atoms with Crippen molar-refractivity contribution in [2.75, 3.05) is 6.54 Å². The van der Waals surface area contributed by atoms with E-state index in [0.717, 1.165) is 13.0 Å². The second kappa shape index (κ2) is 3.80. The molecular weight excluding hydrogens is 217 g/mol. The van der Waals surface area contributed by atoms with Gasteiger partial charge in [0.25, 0.3) is 0 Å². The van der Waals surface area contributed by atoms with Gasteiger partial charge < -0.3 is 0 Å². The number of rotatable bonds is 2. The van der Waals surface area contributed by atoms with Crippen molar-refractivity contribution in [1.82, 2.24) is 14.7 Å². The summed E-state index contributed by atoms with van der Waals surface area (Å²) in [5, 5.41) is 4.30. The SMILES string of the molecule is CC(C)N1CC2CC1CC2c1nn(C)cc1F. The Balaban J connectivity index is 1.80. The van der Waals surface area contributed by atoms with Crippen LogP contribution in [-0.4, -0.2) is 33.3 Å². The fraction of sp³-hybridized carbons (Fsp3) is 0.769. The Bertz CT molecular complexity index is 426. The van der Waals surface area contributed by atoms with Crippen molar-refractivity contribution >= 4 is 0 Å². The van der Waals surface area contributed by atoms with Crippen molar-refractivity contribution in [3.05, 3.63) is 17.7 Å². The van der Waals surface area contributed by atoms with Crippen LogP contribution in [0.2, 0.25) is 0 Å². The molecule has 0 amide bonds. The highest BCUT2D eigenvalue weighted by molar-refractivity contribution is 5.17. The van der Waals surface area contributed by atoms with E-state index < -0.39 is 0 Å². The van der Waals surface area contributed by atoms with Gasteiger partial charge in [-0.3, -0.25) is 9.58 Å². The Morgan fingerprint density at radius 2 is 2.18 bits per heavy atom. The molecule has 1 aliphatic heterocycles. The summed E-state index contributed by atoms with van der Waals surface area (Å²) in [7, 11) is 1.79. The molecule has 1 aromatic heterocycles. The molecule has 2 heterocycles. The highest BCUT2D eigenvalue weighted by Gasteiger charge is 2.47. The molecule has 0 spiro atoms. The normalized spacial score (nSPS) is 32.9. The van der Waals surface area contributed by atoms with E-state index in [1.807, 2.05) is 0 Å². The lowest BCUT2D eigenvalue weighted by molar-refractivity contribution is 0.157. The van der Waals surface area contributed by atoms with Crippen LogP contribution >= 0.6 is 0 Å². The Labute approximate surface area is 102 Å². The maximum Gasteiger partial charge on any atom is 0.164 e. The van der Waals surface area contributed by atoms with Gasteiger partial charge in [0.1, 0.15) is 5.69 Å². The average molecular weight is 237 g/mol. The molecule has 1 saturated carbocycles. The van der Waals surface area contributed by atoms with E-state index in [9.17, 15) is 4.39 Å². The first kappa shape index (κ1) is 11.2. The molecule has 3 rings (SSSR count). The largest absolute Gasteiger partial charge is 0.298 e. The standard InChI is InChI=1S/C13H20FN3/c1-8(2)17-6-9-4-10(17)5-11(9)13-12(14)7-16(3)15-13/h7-11H,4-6H2,1-3H3. The molecule has 3 atom stereocenters. The lowest BCUT2D eigenvalue weighted by Gasteiger charge is -2.33. The summed E-state index contributed by atoms with van der Waals surface area (Å²) in [6.45, 7) is 5.61. The molecule has 94 valence electrons. The molecule has 2 aliphatic rings. The summed E-state index contributed by atoms with van der Waals surface area (Å²) >= 11 is 0. The van der Waals surface area contributed by atoms with E-state index in [0.29, 0.717) is 29.6 Å². The topological polar surface area (TPSA) is 21.1 Å². The minimum absolute atomic E-state index is 0.124. The minimum atomic E-state index is -0.124. The van der Waals surface area contributed by atoms with Gasteiger partial charge in [0.2, 0.25) is 0 Å². The number of aryl methyl sites for hydroxylation is 1. The van der Waals surface area contributed by atoms with Crippen molar-refractivity contribution < 1.29 is 4.39 Å². The molecule has 1 aromatic rings. The Morgan fingerprint density at radius 3 is 2.65 bits per heavy atom. The fourth-order valence-corrected chi connectivity index (χ4v) is 3.68. The van der Waals surface area contributed by atoms with Crippen LogP contribution in [0.5, 0.6) is 0 Å². The zero-order valence-corrected chi connectivity index (χ0v) is 10.7. The summed E-state index contributed by atoms with van der Waals surface area (Å²) in [5.74, 6) is 0.823. The highest BCUT2D eigenvalue weighted by atomic mass is 19.1. The fourth-order valence-electron chi connectivity index (χ4n) is 3.68. The number of nitrogens with zero attached hydrogens (tertiary/aromatic N) is 3. The molecule has 0 N–H and O–H groups in total. The summed E-state index contributed by atoms with van der Waals surface area (Å²) in [4.78, 5) is 2.56. The second-order valence-corrected chi connectivity index (χ2v) is 5.82. The maximum absolute atomic E-state index is 13.7. The van der Waals surface area contributed by atoms with E-state index in [2.05, 4.69) is 23.8 Å². The van der Waals surface area contributed by atoms with E-state index in [-0.39, 0.29) is 5.82 Å². The molecule has 3 nitrogen and oxygen atoms in total. The van der Waals surface area contributed by atoms with Crippen LogP contribution in [0.4, 0.5) is 4.39 Å². The van der Waals surface area contributed by atoms with Gasteiger partial charge in [-0.25, -0.2) is 4.39 Å². The second-order valence-electron chi connectivity index (χ2n) is 5.82. The van der Waals surface area contributed by atoms with Gasteiger partial charge >= 0.3 is 0 Å². The monoisotopic (exact) mass is 237 g/mol. The number of aromatic nitrogens is 2. The Morgan fingerprint density at radius 1 is 1.41 bits per heavy atom. The van der Waals surface area contributed by atoms with Crippen molar-refractivity contribution in [3.8, 4) is 0 Å². The van der Waals surface area contributed by atoms with Gasteiger partial charge in [-0.1, -0.05) is 0 Å². The van der Waals surface area contributed by atoms with E-state index in [1.54, 1.807) is 11.7 Å². The number of likely N-dealkylation sites (tertiary alicyclic amines) is 1. The lowest BCUT2D eigenvalue weighted by atomic mass is 9.91. The van der Waals surface area contributed by atoms with Crippen LogP contribution in [0.3, 0.4) is 0 Å². The molecule has 17 heavy (non-hydrogen) atoms. The van der Waals surface area contributed by atoms with Crippen molar-refractivity contribution in [2.24, 2.45) is 13.0 Å². The quantitative estimate of drug-likeness (QED) is 0.786. The molecule has 3 unspecified atom stereocenters. The van der Waals surface area contributed by atoms with Crippen LogP contribution in [0.15, 0.2) is 6.20 Å². The van der Waals surface area contributed by atoms with Crippen molar-refractivity contribution in [3.63, 3.8) is 0 Å². The predicted octanol–water partition coefficient (Wildman–Crippen LogP) is 2.15. The van der Waals surface area contributed by atoms with Crippen molar-refractivity contribution in [1.29, 1.82) is 0 Å². The molecular formula is C13H20FN3. The zero-order valence-electron chi connectivity index (χ0n) is 10.7. The van der Waals surface area contributed by atoms with E-state index in [1.165, 1.54) is 12.6 Å². The first-order valence-corrected chi connectivity index (χ1v) is 6.51. The van der Waals surface area contributed by atoms with Gasteiger partial charge in [0.15, 0.2) is 5.82 Å². The molecule has 1 aliphatic carbocycles. The number of halogens is 1.